The molecule has 36 heavy (non-hydrogen) atoms. The second-order valence-electron chi connectivity index (χ2n) is 10.1. The first-order valence-electron chi connectivity index (χ1n) is 11.6. The number of hydrogen-bond acceptors (Lipinski definition) is 5. The van der Waals surface area contributed by atoms with Crippen LogP contribution in [0, 0.1) is 18.2 Å². The molecule has 2 aromatic carbocycles. The van der Waals surface area contributed by atoms with Gasteiger partial charge in [-0.05, 0) is 48.6 Å². The summed E-state index contributed by atoms with van der Waals surface area (Å²) in [5.74, 6) is -2.06. The third-order valence-corrected chi connectivity index (χ3v) is 6.33. The van der Waals surface area contributed by atoms with Gasteiger partial charge in [-0.1, -0.05) is 51.1 Å². The minimum atomic E-state index is -1.22. The van der Waals surface area contributed by atoms with Gasteiger partial charge < -0.3 is 20.3 Å². The van der Waals surface area contributed by atoms with E-state index in [1.54, 1.807) is 25.1 Å². The first kappa shape index (κ1) is 26.9. The molecule has 0 aliphatic heterocycles. The van der Waals surface area contributed by atoms with Crippen LogP contribution in [-0.2, 0) is 4.79 Å². The second kappa shape index (κ2) is 10.5. The molecule has 0 saturated carbocycles. The predicted molar refractivity (Wildman–Crippen MR) is 133 cm³/mol. The van der Waals surface area contributed by atoms with Crippen LogP contribution in [-0.4, -0.2) is 44.1 Å². The van der Waals surface area contributed by atoms with Gasteiger partial charge in [0, 0.05) is 6.07 Å². The van der Waals surface area contributed by atoms with Crippen molar-refractivity contribution >= 4 is 11.9 Å². The molecule has 3 aromatic rings. The maximum Gasteiger partial charge on any atom is 0.305 e. The number of carbonyl (C=O) groups excluding carboxylic acids is 1. The van der Waals surface area contributed by atoms with Gasteiger partial charge in [0.15, 0.2) is 5.69 Å². The summed E-state index contributed by atoms with van der Waals surface area (Å²) in [5.41, 5.74) is 0.0608. The van der Waals surface area contributed by atoms with E-state index in [0.29, 0.717) is 11.3 Å². The van der Waals surface area contributed by atoms with Gasteiger partial charge in [0.05, 0.1) is 18.2 Å². The van der Waals surface area contributed by atoms with Gasteiger partial charge in [0.2, 0.25) is 5.88 Å². The highest BCUT2D eigenvalue weighted by atomic mass is 19.1. The highest BCUT2D eigenvalue weighted by molar-refractivity contribution is 5.93. The summed E-state index contributed by atoms with van der Waals surface area (Å²) in [5, 5.41) is 27.3. The van der Waals surface area contributed by atoms with E-state index in [4.69, 9.17) is 4.74 Å². The third kappa shape index (κ3) is 6.28. The number of aromatic nitrogens is 2. The van der Waals surface area contributed by atoms with Crippen LogP contribution in [0.1, 0.15) is 61.8 Å². The lowest BCUT2D eigenvalue weighted by molar-refractivity contribution is -0.137. The van der Waals surface area contributed by atoms with E-state index in [9.17, 15) is 24.2 Å². The summed E-state index contributed by atoms with van der Waals surface area (Å²) in [6.07, 6.45) is -0.320. The number of carboxylic acid groups (broad SMARTS) is 1. The molecule has 0 aliphatic carbocycles. The van der Waals surface area contributed by atoms with Gasteiger partial charge in [0.1, 0.15) is 18.0 Å². The van der Waals surface area contributed by atoms with E-state index in [-0.39, 0.29) is 24.6 Å². The van der Waals surface area contributed by atoms with Gasteiger partial charge in [-0.2, -0.15) is 5.10 Å². The molecule has 9 heteroatoms. The topological polar surface area (TPSA) is 114 Å². The molecular formula is C27H32FN3O5. The number of aliphatic carboxylic acids is 1. The summed E-state index contributed by atoms with van der Waals surface area (Å²) in [7, 11) is 0. The van der Waals surface area contributed by atoms with Crippen molar-refractivity contribution in [2.24, 2.45) is 5.41 Å². The summed E-state index contributed by atoms with van der Waals surface area (Å²) in [6.45, 7) is 8.97. The van der Waals surface area contributed by atoms with Crippen molar-refractivity contribution in [3.63, 3.8) is 0 Å². The van der Waals surface area contributed by atoms with Crippen molar-refractivity contribution in [3.8, 4) is 11.6 Å². The van der Waals surface area contributed by atoms with Crippen LogP contribution in [0.4, 0.5) is 4.39 Å². The van der Waals surface area contributed by atoms with E-state index in [1.807, 2.05) is 39.8 Å². The number of carboxylic acids is 1. The van der Waals surface area contributed by atoms with E-state index in [0.717, 1.165) is 5.56 Å². The maximum atomic E-state index is 13.9. The van der Waals surface area contributed by atoms with Gasteiger partial charge in [0.25, 0.3) is 5.91 Å². The zero-order valence-electron chi connectivity index (χ0n) is 21.1. The molecule has 1 aromatic heterocycles. The highest BCUT2D eigenvalue weighted by Gasteiger charge is 2.36. The fourth-order valence-electron chi connectivity index (χ4n) is 3.42. The van der Waals surface area contributed by atoms with Crippen LogP contribution >= 0.6 is 0 Å². The summed E-state index contributed by atoms with van der Waals surface area (Å²) < 4.78 is 21.1. The number of halogens is 1. The molecule has 192 valence electrons. The number of aryl methyl sites for hydroxylation is 1. The Morgan fingerprint density at radius 3 is 2.42 bits per heavy atom. The quantitative estimate of drug-likeness (QED) is 0.403. The molecule has 0 aliphatic rings. The van der Waals surface area contributed by atoms with Gasteiger partial charge in [-0.25, -0.2) is 9.07 Å². The molecule has 0 spiro atoms. The Labute approximate surface area is 209 Å². The second-order valence-corrected chi connectivity index (χ2v) is 10.1. The van der Waals surface area contributed by atoms with Crippen LogP contribution in [0.25, 0.3) is 5.69 Å². The van der Waals surface area contributed by atoms with Crippen LogP contribution in [0.5, 0.6) is 5.88 Å². The number of ether oxygens (including phenoxy) is 1. The molecule has 0 unspecified atom stereocenters. The SMILES string of the molecule is Cc1ccccc1[C@H](CC(=O)O)NC(=O)c1cc(OC[C@](C)(O)C(C)(C)C)n(-c2cccc(F)c2)n1. The van der Waals surface area contributed by atoms with Gasteiger partial charge >= 0.3 is 5.97 Å². The molecule has 0 fully saturated rings. The number of nitrogens with one attached hydrogen (secondary N) is 1. The third-order valence-electron chi connectivity index (χ3n) is 6.33. The minimum absolute atomic E-state index is 0.0476. The van der Waals surface area contributed by atoms with Crippen molar-refractivity contribution in [2.45, 2.75) is 52.7 Å². The van der Waals surface area contributed by atoms with Crippen molar-refractivity contribution in [3.05, 3.63) is 77.2 Å². The monoisotopic (exact) mass is 497 g/mol. The standard InChI is InChI=1S/C27H32FN3O5/c1-17-9-6-7-12-20(17)21(15-24(32)33)29-25(34)22-14-23(36-16-27(5,35)26(2,3)4)31(30-22)19-11-8-10-18(28)13-19/h6-14,21,35H,15-16H2,1-5H3,(H,29,34)(H,32,33)/t21-,27-/m0/s1. The number of amides is 1. The molecule has 0 bridgehead atoms. The Morgan fingerprint density at radius 2 is 1.81 bits per heavy atom. The number of benzene rings is 2. The summed E-state index contributed by atoms with van der Waals surface area (Å²) >= 11 is 0. The molecule has 3 N–H and O–H groups in total. The first-order valence-corrected chi connectivity index (χ1v) is 11.6. The smallest absolute Gasteiger partial charge is 0.305 e. The van der Waals surface area contributed by atoms with Crippen LogP contribution in [0.2, 0.25) is 0 Å². The van der Waals surface area contributed by atoms with Gasteiger partial charge in [-0.15, -0.1) is 0 Å². The predicted octanol–water partition coefficient (Wildman–Crippen LogP) is 4.44. The molecule has 2 atom stereocenters. The van der Waals surface area contributed by atoms with E-state index in [1.165, 1.54) is 28.9 Å². The molecule has 3 rings (SSSR count). The van der Waals surface area contributed by atoms with Crippen molar-refractivity contribution in [1.82, 2.24) is 15.1 Å². The fourth-order valence-corrected chi connectivity index (χ4v) is 3.42. The first-order chi connectivity index (χ1) is 16.8. The lowest BCUT2D eigenvalue weighted by Gasteiger charge is -2.36. The fraction of sp³-hybridized carbons (Fsp3) is 0.370. The number of hydrogen-bond donors (Lipinski definition) is 3. The normalized spacial score (nSPS) is 14.1. The van der Waals surface area contributed by atoms with Crippen molar-refractivity contribution < 1.29 is 28.9 Å². The summed E-state index contributed by atoms with van der Waals surface area (Å²) in [4.78, 5) is 24.7. The molecule has 0 saturated heterocycles. The Morgan fingerprint density at radius 1 is 1.11 bits per heavy atom. The average Bonchev–Trinajstić information content (AvgIpc) is 3.21. The number of nitrogens with zero attached hydrogens (tertiary/aromatic N) is 2. The van der Waals surface area contributed by atoms with Crippen molar-refractivity contribution in [2.75, 3.05) is 6.61 Å². The molecule has 1 amide bonds. The number of rotatable bonds is 9. The zero-order valence-corrected chi connectivity index (χ0v) is 21.1. The largest absolute Gasteiger partial charge is 0.481 e. The molecule has 1 heterocycles. The lowest BCUT2D eigenvalue weighted by atomic mass is 9.78. The Hall–Kier alpha value is -3.72. The Kier molecular flexibility index (Phi) is 7.83. The summed E-state index contributed by atoms with van der Waals surface area (Å²) in [6, 6.07) is 13.4. The Balaban J connectivity index is 1.95. The van der Waals surface area contributed by atoms with Gasteiger partial charge in [-0.3, -0.25) is 9.59 Å². The van der Waals surface area contributed by atoms with Crippen molar-refractivity contribution in [1.29, 1.82) is 0 Å². The molecular weight excluding hydrogens is 465 g/mol. The molecule has 0 radical (unpaired) electrons. The highest BCUT2D eigenvalue weighted by Crippen LogP contribution is 2.31. The number of aliphatic hydroxyl groups is 1. The minimum Gasteiger partial charge on any atom is -0.481 e. The van der Waals surface area contributed by atoms with E-state index in [2.05, 4.69) is 10.4 Å². The Bertz CT molecular complexity index is 1250. The zero-order chi connectivity index (χ0) is 26.7. The maximum absolute atomic E-state index is 13.9. The lowest BCUT2D eigenvalue weighted by Crippen LogP contribution is -2.45. The van der Waals surface area contributed by atoms with Crippen LogP contribution in [0.3, 0.4) is 0 Å². The number of carbonyl (C=O) groups is 2. The van der Waals surface area contributed by atoms with E-state index >= 15 is 0 Å². The van der Waals surface area contributed by atoms with E-state index < -0.39 is 34.8 Å². The average molecular weight is 498 g/mol. The molecule has 8 nitrogen and oxygen atoms in total. The van der Waals surface area contributed by atoms with Crippen LogP contribution in [0.15, 0.2) is 54.6 Å². The van der Waals surface area contributed by atoms with Crippen LogP contribution < -0.4 is 10.1 Å².